The van der Waals surface area contributed by atoms with E-state index < -0.39 is 9.84 Å². The quantitative estimate of drug-likeness (QED) is 0.779. The first-order chi connectivity index (χ1) is 13.0. The van der Waals surface area contributed by atoms with Crippen LogP contribution in [0.5, 0.6) is 0 Å². The molecule has 0 saturated carbocycles. The molecule has 1 aromatic carbocycles. The van der Waals surface area contributed by atoms with Gasteiger partial charge in [0, 0.05) is 19.1 Å². The van der Waals surface area contributed by atoms with E-state index in [0.717, 1.165) is 58.2 Å². The molecule has 2 saturated heterocycles. The van der Waals surface area contributed by atoms with Crippen molar-refractivity contribution in [2.45, 2.75) is 49.5 Å². The second-order valence-electron chi connectivity index (χ2n) is 7.76. The maximum atomic E-state index is 12.5. The topological polar surface area (TPSA) is 83.7 Å². The van der Waals surface area contributed by atoms with Gasteiger partial charge in [-0.3, -0.25) is 0 Å². The van der Waals surface area contributed by atoms with E-state index >= 15 is 0 Å². The Labute approximate surface area is 174 Å². The van der Waals surface area contributed by atoms with Crippen molar-refractivity contribution in [1.82, 2.24) is 9.80 Å². The molecule has 2 aliphatic heterocycles. The Morgan fingerprint density at radius 1 is 1.00 bits per heavy atom. The summed E-state index contributed by atoms with van der Waals surface area (Å²) in [6.07, 6.45) is 6.39. The molecule has 0 bridgehead atoms. The monoisotopic (exact) mass is 429 g/mol. The molecule has 6 nitrogen and oxygen atoms in total. The lowest BCUT2D eigenvalue weighted by molar-refractivity contribution is 0.107. The molecule has 0 radical (unpaired) electrons. The van der Waals surface area contributed by atoms with E-state index in [1.165, 1.54) is 0 Å². The van der Waals surface area contributed by atoms with Gasteiger partial charge in [-0.25, -0.2) is 13.2 Å². The van der Waals surface area contributed by atoms with Gasteiger partial charge < -0.3 is 15.5 Å². The standard InChI is InChI=1S/C20H31N3O3S.ClH/c21-20(24)23-12-6-2-5-9-19(23)17-10-13-22(14-11-17)15-16-27(25,26)18-7-3-1-4-8-18;/h1,3-4,7-8,17,19H,2,5-6,9-16H2,(H2,21,24);1H. The van der Waals surface area contributed by atoms with Crippen LogP contribution in [0.1, 0.15) is 38.5 Å². The molecular weight excluding hydrogens is 398 g/mol. The van der Waals surface area contributed by atoms with Crippen LogP contribution < -0.4 is 5.73 Å². The Bertz CT molecular complexity index is 721. The first-order valence-electron chi connectivity index (χ1n) is 10.0. The zero-order chi connectivity index (χ0) is 19.3. The molecule has 2 fully saturated rings. The zero-order valence-corrected chi connectivity index (χ0v) is 18.0. The highest BCUT2D eigenvalue weighted by Crippen LogP contribution is 2.30. The molecule has 1 atom stereocenters. The minimum absolute atomic E-state index is 0. The van der Waals surface area contributed by atoms with Crippen LogP contribution in [0.4, 0.5) is 4.79 Å². The van der Waals surface area contributed by atoms with E-state index in [9.17, 15) is 13.2 Å². The second-order valence-corrected chi connectivity index (χ2v) is 9.87. The van der Waals surface area contributed by atoms with Gasteiger partial charge in [-0.1, -0.05) is 31.0 Å². The van der Waals surface area contributed by atoms with Crippen LogP contribution in [0.15, 0.2) is 35.2 Å². The summed E-state index contributed by atoms with van der Waals surface area (Å²) in [5.41, 5.74) is 5.62. The highest BCUT2D eigenvalue weighted by molar-refractivity contribution is 7.91. The number of urea groups is 1. The fourth-order valence-corrected chi connectivity index (χ4v) is 5.76. The molecular formula is C20H32ClN3O3S. The second kappa shape index (κ2) is 10.5. The number of nitrogens with zero attached hydrogens (tertiary/aromatic N) is 2. The third-order valence-electron chi connectivity index (χ3n) is 6.04. The van der Waals surface area contributed by atoms with Gasteiger partial charge in [0.25, 0.3) is 0 Å². The summed E-state index contributed by atoms with van der Waals surface area (Å²) in [6.45, 7) is 3.11. The van der Waals surface area contributed by atoms with Crippen LogP contribution in [-0.4, -0.2) is 62.2 Å². The Morgan fingerprint density at radius 3 is 2.32 bits per heavy atom. The number of likely N-dealkylation sites (tertiary alicyclic amines) is 2. The van der Waals surface area contributed by atoms with Crippen LogP contribution in [0.3, 0.4) is 0 Å². The van der Waals surface area contributed by atoms with E-state index in [2.05, 4.69) is 4.90 Å². The van der Waals surface area contributed by atoms with Crippen LogP contribution in [0.25, 0.3) is 0 Å². The number of primary amides is 1. The van der Waals surface area contributed by atoms with Crippen LogP contribution in [0.2, 0.25) is 0 Å². The number of rotatable bonds is 5. The van der Waals surface area contributed by atoms with Crippen molar-refractivity contribution >= 4 is 28.3 Å². The molecule has 158 valence electrons. The molecule has 28 heavy (non-hydrogen) atoms. The van der Waals surface area contributed by atoms with Gasteiger partial charge in [0.15, 0.2) is 9.84 Å². The van der Waals surface area contributed by atoms with Crippen LogP contribution >= 0.6 is 12.4 Å². The zero-order valence-electron chi connectivity index (χ0n) is 16.3. The van der Waals surface area contributed by atoms with E-state index in [-0.39, 0.29) is 30.2 Å². The van der Waals surface area contributed by atoms with Crippen molar-refractivity contribution in [2.24, 2.45) is 11.7 Å². The number of carbonyl (C=O) groups is 1. The number of hydrogen-bond donors (Lipinski definition) is 1. The summed E-state index contributed by atoms with van der Waals surface area (Å²) in [5.74, 6) is 0.621. The van der Waals surface area contributed by atoms with Gasteiger partial charge in [0.1, 0.15) is 0 Å². The van der Waals surface area contributed by atoms with Gasteiger partial charge >= 0.3 is 6.03 Å². The first-order valence-corrected chi connectivity index (χ1v) is 11.7. The Hall–Kier alpha value is -1.31. The molecule has 2 aliphatic rings. The third-order valence-corrected chi connectivity index (χ3v) is 7.75. The van der Waals surface area contributed by atoms with Crippen molar-refractivity contribution in [2.75, 3.05) is 31.9 Å². The highest BCUT2D eigenvalue weighted by Gasteiger charge is 2.33. The van der Waals surface area contributed by atoms with Crippen molar-refractivity contribution in [3.05, 3.63) is 30.3 Å². The highest BCUT2D eigenvalue weighted by atomic mass is 35.5. The van der Waals surface area contributed by atoms with Crippen LogP contribution in [0, 0.1) is 5.92 Å². The summed E-state index contributed by atoms with van der Waals surface area (Å²) in [7, 11) is -3.23. The number of halogens is 1. The van der Waals surface area contributed by atoms with E-state index in [4.69, 9.17) is 5.73 Å². The van der Waals surface area contributed by atoms with Crippen LogP contribution in [-0.2, 0) is 9.84 Å². The van der Waals surface area contributed by atoms with Gasteiger partial charge in [-0.15, -0.1) is 12.4 Å². The normalized spacial score (nSPS) is 22.3. The minimum atomic E-state index is -3.23. The molecule has 1 aromatic rings. The third kappa shape index (κ3) is 5.84. The molecule has 2 heterocycles. The maximum absolute atomic E-state index is 12.5. The fraction of sp³-hybridized carbons (Fsp3) is 0.650. The van der Waals surface area contributed by atoms with Crippen molar-refractivity contribution < 1.29 is 13.2 Å². The summed E-state index contributed by atoms with van der Waals surface area (Å²) >= 11 is 0. The Kier molecular flexibility index (Phi) is 8.58. The average Bonchev–Trinajstić information content (AvgIpc) is 2.94. The van der Waals surface area contributed by atoms with E-state index in [1.807, 2.05) is 11.0 Å². The van der Waals surface area contributed by atoms with Crippen molar-refractivity contribution in [1.29, 1.82) is 0 Å². The van der Waals surface area contributed by atoms with Gasteiger partial charge in [0.05, 0.1) is 10.6 Å². The summed E-state index contributed by atoms with van der Waals surface area (Å²) in [4.78, 5) is 16.4. The lowest BCUT2D eigenvalue weighted by atomic mass is 9.86. The summed E-state index contributed by atoms with van der Waals surface area (Å²) in [5, 5.41) is 0. The Balaban J connectivity index is 0.00000280. The molecule has 2 amide bonds. The molecule has 3 rings (SSSR count). The number of piperidine rings is 1. The average molecular weight is 430 g/mol. The van der Waals surface area contributed by atoms with Gasteiger partial charge in [-0.05, 0) is 56.8 Å². The number of carbonyl (C=O) groups excluding carboxylic acids is 1. The predicted octanol–water partition coefficient (Wildman–Crippen LogP) is 2.92. The predicted molar refractivity (Wildman–Crippen MR) is 113 cm³/mol. The number of amides is 2. The fourth-order valence-electron chi connectivity index (χ4n) is 4.45. The number of hydrogen-bond acceptors (Lipinski definition) is 4. The molecule has 2 N–H and O–H groups in total. The van der Waals surface area contributed by atoms with Crippen molar-refractivity contribution in [3.63, 3.8) is 0 Å². The number of sulfone groups is 1. The Morgan fingerprint density at radius 2 is 1.68 bits per heavy atom. The van der Waals surface area contributed by atoms with Gasteiger partial charge in [0.2, 0.25) is 0 Å². The molecule has 0 spiro atoms. The largest absolute Gasteiger partial charge is 0.351 e. The maximum Gasteiger partial charge on any atom is 0.315 e. The van der Waals surface area contributed by atoms with E-state index in [0.29, 0.717) is 17.4 Å². The SMILES string of the molecule is Cl.NC(=O)N1CCCCCC1C1CCN(CCS(=O)(=O)c2ccccc2)CC1. The summed E-state index contributed by atoms with van der Waals surface area (Å²) < 4.78 is 24.9. The lowest BCUT2D eigenvalue weighted by Crippen LogP contribution is -2.50. The van der Waals surface area contributed by atoms with E-state index in [1.54, 1.807) is 24.3 Å². The van der Waals surface area contributed by atoms with Crippen molar-refractivity contribution in [3.8, 4) is 0 Å². The number of benzene rings is 1. The molecule has 8 heteroatoms. The smallest absolute Gasteiger partial charge is 0.315 e. The molecule has 1 unspecified atom stereocenters. The van der Waals surface area contributed by atoms with Gasteiger partial charge in [-0.2, -0.15) is 0 Å². The first kappa shape index (κ1) is 23.0. The molecule has 0 aromatic heterocycles. The summed E-state index contributed by atoms with van der Waals surface area (Å²) in [6, 6.07) is 8.62. The minimum Gasteiger partial charge on any atom is -0.351 e. The lowest BCUT2D eigenvalue weighted by Gasteiger charge is -2.40. The molecule has 0 aliphatic carbocycles. The number of nitrogens with two attached hydrogens (primary N) is 1.